The van der Waals surface area contributed by atoms with Crippen molar-refractivity contribution in [1.82, 2.24) is 0 Å². The van der Waals surface area contributed by atoms with Gasteiger partial charge in [0.05, 0.1) is 19.8 Å². The van der Waals surface area contributed by atoms with E-state index in [1.165, 1.54) is 7.11 Å². The fraction of sp³-hybridized carbons (Fsp3) is 0.636. The Hall–Kier alpha value is -2.45. The molecule has 4 rings (SSSR count). The Labute approximate surface area is 244 Å². The van der Waals surface area contributed by atoms with Gasteiger partial charge in [-0.25, -0.2) is 4.79 Å². The number of aliphatic hydroxyl groups is 1. The van der Waals surface area contributed by atoms with Crippen LogP contribution in [0.15, 0.2) is 60.4 Å². The fourth-order valence-corrected chi connectivity index (χ4v) is 5.65. The van der Waals surface area contributed by atoms with Crippen molar-refractivity contribution in [2.24, 2.45) is 11.8 Å². The van der Waals surface area contributed by atoms with Crippen LogP contribution in [0.5, 0.6) is 5.75 Å². The van der Waals surface area contributed by atoms with E-state index in [1.807, 2.05) is 36.4 Å². The highest BCUT2D eigenvalue weighted by Gasteiger charge is 2.47. The van der Waals surface area contributed by atoms with Gasteiger partial charge in [-0.3, -0.25) is 0 Å². The van der Waals surface area contributed by atoms with E-state index >= 15 is 0 Å². The van der Waals surface area contributed by atoms with Gasteiger partial charge < -0.3 is 33.5 Å². The van der Waals surface area contributed by atoms with E-state index < -0.39 is 24.3 Å². The van der Waals surface area contributed by atoms with Crippen LogP contribution in [0.25, 0.3) is 0 Å². The number of benzene rings is 1. The van der Waals surface area contributed by atoms with Crippen molar-refractivity contribution in [3.8, 4) is 5.75 Å². The summed E-state index contributed by atoms with van der Waals surface area (Å²) in [7, 11) is 1.33. The highest BCUT2D eigenvalue weighted by Crippen LogP contribution is 2.36. The van der Waals surface area contributed by atoms with Gasteiger partial charge in [0.1, 0.15) is 5.75 Å². The van der Waals surface area contributed by atoms with Crippen LogP contribution in [-0.4, -0.2) is 62.5 Å². The molecule has 3 fully saturated rings. The summed E-state index contributed by atoms with van der Waals surface area (Å²) in [4.78, 5) is 13.1. The zero-order valence-electron chi connectivity index (χ0n) is 24.3. The van der Waals surface area contributed by atoms with Gasteiger partial charge in [0, 0.05) is 19.6 Å². The van der Waals surface area contributed by atoms with Gasteiger partial charge in [0.25, 0.3) is 5.79 Å². The molecule has 1 aliphatic carbocycles. The summed E-state index contributed by atoms with van der Waals surface area (Å²) in [5, 5.41) is 10.6. The number of hydrogen-bond acceptors (Lipinski definition) is 8. The molecule has 0 amide bonds. The van der Waals surface area contributed by atoms with Crippen LogP contribution in [0, 0.1) is 11.8 Å². The molecule has 226 valence electrons. The lowest BCUT2D eigenvalue weighted by Gasteiger charge is -2.38. The van der Waals surface area contributed by atoms with E-state index in [2.05, 4.69) is 17.9 Å². The van der Waals surface area contributed by atoms with Crippen molar-refractivity contribution in [2.45, 2.75) is 95.1 Å². The van der Waals surface area contributed by atoms with Gasteiger partial charge in [0.15, 0.2) is 12.6 Å². The molecule has 8 heteroatoms. The van der Waals surface area contributed by atoms with E-state index in [-0.39, 0.29) is 18.4 Å². The lowest BCUT2D eigenvalue weighted by molar-refractivity contribution is -0.350. The smallest absolute Gasteiger partial charge is 0.367 e. The molecule has 5 atom stereocenters. The first-order valence-electron chi connectivity index (χ1n) is 15.2. The van der Waals surface area contributed by atoms with Gasteiger partial charge >= 0.3 is 5.97 Å². The second kappa shape index (κ2) is 16.9. The molecule has 0 radical (unpaired) electrons. The highest BCUT2D eigenvalue weighted by atomic mass is 16.8. The molecule has 2 heterocycles. The van der Waals surface area contributed by atoms with Crippen molar-refractivity contribution in [2.75, 3.05) is 26.9 Å². The Morgan fingerprint density at radius 1 is 1.00 bits per heavy atom. The number of allylic oxidation sites excluding steroid dienone is 1. The molecule has 1 aromatic carbocycles. The lowest BCUT2D eigenvalue weighted by Crippen LogP contribution is -2.51. The zero-order valence-corrected chi connectivity index (χ0v) is 24.3. The number of para-hydroxylation sites is 1. The summed E-state index contributed by atoms with van der Waals surface area (Å²) >= 11 is 0. The van der Waals surface area contributed by atoms with Crippen LogP contribution in [-0.2, 0) is 28.5 Å². The molecule has 0 bridgehead atoms. The molecule has 8 nitrogen and oxygen atoms in total. The molecule has 3 aliphatic rings. The number of methoxy groups -OCH3 is 1. The number of aliphatic hydroxyl groups excluding tert-OH is 1. The third kappa shape index (κ3) is 9.81. The van der Waals surface area contributed by atoms with Crippen molar-refractivity contribution in [3.05, 3.63) is 60.4 Å². The Bertz CT molecular complexity index is 970. The Morgan fingerprint density at radius 2 is 1.71 bits per heavy atom. The minimum atomic E-state index is -1.68. The quantitative estimate of drug-likeness (QED) is 0.0980. The SMILES string of the molecule is COC(=O)C(CC=C=CC[C@H]1[C@@H](O)CC[C@@H]1/C=C/CCOc1ccccc1)(OC1CCCCO1)OC1CCCCO1. The maximum absolute atomic E-state index is 13.1. The first-order valence-corrected chi connectivity index (χ1v) is 15.2. The minimum Gasteiger partial charge on any atom is -0.493 e. The number of esters is 1. The van der Waals surface area contributed by atoms with E-state index in [9.17, 15) is 9.90 Å². The summed E-state index contributed by atoms with van der Waals surface area (Å²) in [5.74, 6) is -1.01. The van der Waals surface area contributed by atoms with Crippen molar-refractivity contribution in [3.63, 3.8) is 0 Å². The van der Waals surface area contributed by atoms with Crippen molar-refractivity contribution < 1.29 is 38.3 Å². The Morgan fingerprint density at radius 3 is 2.34 bits per heavy atom. The molecule has 2 saturated heterocycles. The molecule has 2 unspecified atom stereocenters. The Balaban J connectivity index is 1.35. The maximum Gasteiger partial charge on any atom is 0.367 e. The maximum atomic E-state index is 13.1. The molecule has 1 aromatic rings. The molecule has 1 saturated carbocycles. The topological polar surface area (TPSA) is 92.7 Å². The lowest BCUT2D eigenvalue weighted by atomic mass is 9.91. The predicted molar refractivity (Wildman–Crippen MR) is 154 cm³/mol. The molecule has 1 N–H and O–H groups in total. The van der Waals surface area contributed by atoms with Crippen LogP contribution in [0.1, 0.15) is 70.6 Å². The first-order chi connectivity index (χ1) is 20.1. The number of carbonyl (C=O) groups excluding carboxylic acids is 1. The van der Waals surface area contributed by atoms with Gasteiger partial charge in [-0.05, 0) is 100 Å². The standard InChI is InChI=1S/C33H46O8/c1-36-32(35)33(40-30-18-8-12-24-38-30,41-31-19-9-13-25-39-31)22-10-3-6-17-28-26(20-21-29(28)34)14-7-11-23-37-27-15-4-2-5-16-27/h2,4-7,10,14-16,26,28-31,34H,8-9,11-13,17-25H2,1H3/b14-7+/t3?,26-,28+,29-,30?,31?,33?/m0/s1. The summed E-state index contributed by atoms with van der Waals surface area (Å²) in [6, 6.07) is 9.80. The molecule has 41 heavy (non-hydrogen) atoms. The largest absolute Gasteiger partial charge is 0.493 e. The third-order valence-electron chi connectivity index (χ3n) is 7.93. The zero-order chi connectivity index (χ0) is 28.8. The van der Waals surface area contributed by atoms with Gasteiger partial charge in [-0.2, -0.15) is 0 Å². The molecule has 0 aromatic heterocycles. The van der Waals surface area contributed by atoms with Crippen LogP contribution >= 0.6 is 0 Å². The minimum absolute atomic E-state index is 0.105. The van der Waals surface area contributed by atoms with Crippen LogP contribution in [0.4, 0.5) is 0 Å². The second-order valence-corrected chi connectivity index (χ2v) is 10.9. The summed E-state index contributed by atoms with van der Waals surface area (Å²) in [6.07, 6.45) is 15.1. The van der Waals surface area contributed by atoms with Crippen LogP contribution in [0.3, 0.4) is 0 Å². The number of ether oxygens (including phenoxy) is 6. The van der Waals surface area contributed by atoms with E-state index in [0.717, 1.165) is 50.7 Å². The Kier molecular flexibility index (Phi) is 12.9. The average molecular weight is 571 g/mol. The summed E-state index contributed by atoms with van der Waals surface area (Å²) < 4.78 is 34.8. The van der Waals surface area contributed by atoms with Crippen molar-refractivity contribution in [1.29, 1.82) is 0 Å². The monoisotopic (exact) mass is 570 g/mol. The average Bonchev–Trinajstić information content (AvgIpc) is 3.36. The first kappa shape index (κ1) is 31.5. The van der Waals surface area contributed by atoms with E-state index in [0.29, 0.717) is 45.0 Å². The van der Waals surface area contributed by atoms with Gasteiger partial charge in [-0.1, -0.05) is 30.4 Å². The predicted octanol–water partition coefficient (Wildman–Crippen LogP) is 5.85. The number of hydrogen-bond donors (Lipinski definition) is 1. The molecular formula is C33H46O8. The second-order valence-electron chi connectivity index (χ2n) is 10.9. The summed E-state index contributed by atoms with van der Waals surface area (Å²) in [6.45, 7) is 1.78. The molecular weight excluding hydrogens is 524 g/mol. The number of carbonyl (C=O) groups is 1. The fourth-order valence-electron chi connectivity index (χ4n) is 5.65. The van der Waals surface area contributed by atoms with Crippen molar-refractivity contribution >= 4 is 5.97 Å². The van der Waals surface area contributed by atoms with Crippen LogP contribution < -0.4 is 4.74 Å². The summed E-state index contributed by atoms with van der Waals surface area (Å²) in [5.41, 5.74) is 3.20. The molecule has 0 spiro atoms. The van der Waals surface area contributed by atoms with E-state index in [1.54, 1.807) is 6.08 Å². The van der Waals surface area contributed by atoms with Gasteiger partial charge in [-0.15, -0.1) is 5.73 Å². The third-order valence-corrected chi connectivity index (χ3v) is 7.93. The molecule has 2 aliphatic heterocycles. The van der Waals surface area contributed by atoms with E-state index in [4.69, 9.17) is 28.4 Å². The highest BCUT2D eigenvalue weighted by molar-refractivity contribution is 5.78. The normalized spacial score (nSPS) is 28.0. The van der Waals surface area contributed by atoms with Gasteiger partial charge in [0.2, 0.25) is 0 Å². The number of rotatable bonds is 14. The van der Waals surface area contributed by atoms with Crippen LogP contribution in [0.2, 0.25) is 0 Å².